The fourth-order valence-corrected chi connectivity index (χ4v) is 3.73. The molecule has 4 aromatic carbocycles. The molecular weight excluding hydrogens is 396 g/mol. The van der Waals surface area contributed by atoms with Gasteiger partial charge >= 0.3 is 0 Å². The van der Waals surface area contributed by atoms with Crippen molar-refractivity contribution in [2.24, 2.45) is 0 Å². The van der Waals surface area contributed by atoms with E-state index in [-0.39, 0.29) is 0 Å². The van der Waals surface area contributed by atoms with E-state index in [0.29, 0.717) is 0 Å². The van der Waals surface area contributed by atoms with Gasteiger partial charge in [-0.3, -0.25) is 0 Å². The van der Waals surface area contributed by atoms with Crippen LogP contribution in [-0.2, 0) is 0 Å². The van der Waals surface area contributed by atoms with Gasteiger partial charge in [-0.1, -0.05) is 118 Å². The topological polar surface area (TPSA) is 0 Å². The zero-order valence-corrected chi connectivity index (χ0v) is 21.3. The maximum atomic E-state index is 2.29. The first-order valence-electron chi connectivity index (χ1n) is 12.2. The summed E-state index contributed by atoms with van der Waals surface area (Å²) in [6.45, 7) is 14.2. The van der Waals surface area contributed by atoms with Crippen molar-refractivity contribution in [2.75, 3.05) is 0 Å². The molecule has 0 aliphatic rings. The molecule has 0 aliphatic heterocycles. The van der Waals surface area contributed by atoms with Crippen LogP contribution in [0.1, 0.15) is 52.7 Å². The van der Waals surface area contributed by atoms with Crippen molar-refractivity contribution < 1.29 is 0 Å². The lowest BCUT2D eigenvalue weighted by molar-refractivity contribution is 1.50. The fraction of sp³-hybridized carbons (Fsp3) is 0.212. The molecule has 0 saturated heterocycles. The third kappa shape index (κ3) is 6.80. The van der Waals surface area contributed by atoms with Gasteiger partial charge in [-0.2, -0.15) is 0 Å². The van der Waals surface area contributed by atoms with Gasteiger partial charge in [0.15, 0.2) is 0 Å². The number of hydrogen-bond acceptors (Lipinski definition) is 0. The van der Waals surface area contributed by atoms with Gasteiger partial charge in [0.05, 0.1) is 0 Å². The Labute approximate surface area is 201 Å². The molecule has 0 amide bonds. The lowest BCUT2D eigenvalue weighted by atomic mass is 9.97. The molecule has 0 saturated carbocycles. The summed E-state index contributed by atoms with van der Waals surface area (Å²) in [6.07, 6.45) is 10.6. The van der Waals surface area contributed by atoms with Gasteiger partial charge in [-0.25, -0.2) is 0 Å². The van der Waals surface area contributed by atoms with E-state index in [1.165, 1.54) is 49.4 Å². The van der Waals surface area contributed by atoms with E-state index in [0.717, 1.165) is 0 Å². The van der Waals surface area contributed by atoms with Crippen LogP contribution in [0.15, 0.2) is 103 Å². The summed E-state index contributed by atoms with van der Waals surface area (Å²) in [5.41, 5.74) is 6.25. The van der Waals surface area contributed by atoms with E-state index in [1.807, 2.05) is 34.6 Å². The van der Waals surface area contributed by atoms with E-state index >= 15 is 0 Å². The Kier molecular flexibility index (Phi) is 10.4. The Bertz CT molecular complexity index is 1270. The molecule has 0 aliphatic carbocycles. The lowest BCUT2D eigenvalue weighted by Crippen LogP contribution is -1.82. The van der Waals surface area contributed by atoms with E-state index in [4.69, 9.17) is 0 Å². The Hall–Kier alpha value is -3.38. The minimum absolute atomic E-state index is 1.22. The van der Waals surface area contributed by atoms with Crippen molar-refractivity contribution in [3.8, 4) is 11.1 Å². The molecule has 0 N–H and O–H groups in total. The van der Waals surface area contributed by atoms with E-state index in [1.54, 1.807) is 0 Å². The van der Waals surface area contributed by atoms with Crippen LogP contribution < -0.4 is 0 Å². The van der Waals surface area contributed by atoms with Crippen molar-refractivity contribution in [3.05, 3.63) is 114 Å². The van der Waals surface area contributed by atoms with Crippen LogP contribution in [0.2, 0.25) is 0 Å². The second kappa shape index (κ2) is 13.2. The minimum Gasteiger partial charge on any atom is -0.0871 e. The smallest absolute Gasteiger partial charge is 0.0177 e. The van der Waals surface area contributed by atoms with Crippen molar-refractivity contribution >= 4 is 27.6 Å². The SMILES string of the molecule is CC.CC.C\C=C/C(/C=C/c1ccc2cc(-c3ccc4cc(C)ccc4c3)ccc2c1)=C\C. The van der Waals surface area contributed by atoms with Gasteiger partial charge in [-0.15, -0.1) is 0 Å². The standard InChI is InChI=1S/C29H26.2C2H6/c1-4-6-22(5-2)8-9-23-10-12-27-20-29(16-14-25(27)18-23)28-15-13-24-17-21(3)7-11-26(24)19-28;2*1-2/h4-20H,1-3H3;2*1-2H3/b6-4-,9-8+,22-5+;;. The summed E-state index contributed by atoms with van der Waals surface area (Å²) in [5.74, 6) is 0. The van der Waals surface area contributed by atoms with Crippen LogP contribution >= 0.6 is 0 Å². The number of rotatable bonds is 4. The number of benzene rings is 4. The van der Waals surface area contributed by atoms with Crippen molar-refractivity contribution in [1.82, 2.24) is 0 Å². The molecule has 33 heavy (non-hydrogen) atoms. The normalized spacial score (nSPS) is 11.4. The summed E-state index contributed by atoms with van der Waals surface area (Å²) in [6, 6.07) is 26.7. The molecule has 0 unspecified atom stereocenters. The fourth-order valence-electron chi connectivity index (χ4n) is 3.73. The van der Waals surface area contributed by atoms with Gasteiger partial charge in [0.1, 0.15) is 0 Å². The average Bonchev–Trinajstić information content (AvgIpc) is 2.88. The molecular formula is C33H38. The quantitative estimate of drug-likeness (QED) is 0.280. The van der Waals surface area contributed by atoms with Crippen molar-refractivity contribution in [2.45, 2.75) is 48.5 Å². The van der Waals surface area contributed by atoms with Crippen LogP contribution in [-0.4, -0.2) is 0 Å². The summed E-state index contributed by atoms with van der Waals surface area (Å²) < 4.78 is 0. The first kappa shape index (κ1) is 25.9. The van der Waals surface area contributed by atoms with Crippen LogP contribution in [0.25, 0.3) is 38.7 Å². The molecule has 4 aromatic rings. The van der Waals surface area contributed by atoms with Gasteiger partial charge < -0.3 is 0 Å². The molecule has 0 atom stereocenters. The van der Waals surface area contributed by atoms with Crippen molar-refractivity contribution in [1.29, 1.82) is 0 Å². The predicted molar refractivity (Wildman–Crippen MR) is 152 cm³/mol. The minimum atomic E-state index is 1.22. The Morgan fingerprint density at radius 3 is 1.67 bits per heavy atom. The Morgan fingerprint density at radius 2 is 1.09 bits per heavy atom. The number of hydrogen-bond donors (Lipinski definition) is 0. The molecule has 0 fully saturated rings. The maximum Gasteiger partial charge on any atom is -0.0177 e. The van der Waals surface area contributed by atoms with Gasteiger partial charge in [0, 0.05) is 0 Å². The number of aryl methyl sites for hydroxylation is 1. The van der Waals surface area contributed by atoms with Crippen LogP contribution in [0.4, 0.5) is 0 Å². The number of fused-ring (bicyclic) bond motifs is 2. The Morgan fingerprint density at radius 1 is 0.576 bits per heavy atom. The highest BCUT2D eigenvalue weighted by Crippen LogP contribution is 2.28. The molecule has 0 nitrogen and oxygen atoms in total. The highest BCUT2D eigenvalue weighted by atomic mass is 14.1. The second-order valence-electron chi connectivity index (χ2n) is 7.51. The molecule has 4 rings (SSSR count). The third-order valence-corrected chi connectivity index (χ3v) is 5.35. The molecule has 170 valence electrons. The van der Waals surface area contributed by atoms with Crippen LogP contribution in [0.5, 0.6) is 0 Å². The zero-order chi connectivity index (χ0) is 24.2. The first-order chi connectivity index (χ1) is 16.2. The van der Waals surface area contributed by atoms with E-state index < -0.39 is 0 Å². The Balaban J connectivity index is 0.000000914. The molecule has 0 aromatic heterocycles. The summed E-state index contributed by atoms with van der Waals surface area (Å²) >= 11 is 0. The van der Waals surface area contributed by atoms with Crippen LogP contribution in [0, 0.1) is 6.92 Å². The summed E-state index contributed by atoms with van der Waals surface area (Å²) in [7, 11) is 0. The van der Waals surface area contributed by atoms with E-state index in [2.05, 4.69) is 117 Å². The zero-order valence-electron chi connectivity index (χ0n) is 21.3. The highest BCUT2D eigenvalue weighted by Gasteiger charge is 2.03. The van der Waals surface area contributed by atoms with E-state index in [9.17, 15) is 0 Å². The largest absolute Gasteiger partial charge is 0.0871 e. The first-order valence-corrected chi connectivity index (χ1v) is 12.2. The number of allylic oxidation sites excluding steroid dienone is 5. The lowest BCUT2D eigenvalue weighted by Gasteiger charge is -2.07. The monoisotopic (exact) mass is 434 g/mol. The molecule has 0 spiro atoms. The van der Waals surface area contributed by atoms with Gasteiger partial charge in [-0.05, 0) is 82.8 Å². The highest BCUT2D eigenvalue weighted by molar-refractivity contribution is 5.92. The van der Waals surface area contributed by atoms with Crippen LogP contribution in [0.3, 0.4) is 0 Å². The molecule has 0 heterocycles. The van der Waals surface area contributed by atoms with Gasteiger partial charge in [0.2, 0.25) is 0 Å². The molecule has 0 heteroatoms. The summed E-state index contributed by atoms with van der Waals surface area (Å²) in [5, 5.41) is 5.11. The second-order valence-corrected chi connectivity index (χ2v) is 7.51. The maximum absolute atomic E-state index is 2.29. The summed E-state index contributed by atoms with van der Waals surface area (Å²) in [4.78, 5) is 0. The molecule has 0 radical (unpaired) electrons. The average molecular weight is 435 g/mol. The third-order valence-electron chi connectivity index (χ3n) is 5.35. The van der Waals surface area contributed by atoms with Crippen molar-refractivity contribution in [3.63, 3.8) is 0 Å². The van der Waals surface area contributed by atoms with Gasteiger partial charge in [0.25, 0.3) is 0 Å². The molecule has 0 bridgehead atoms. The predicted octanol–water partition coefficient (Wildman–Crippen LogP) is 10.6.